The maximum Gasteiger partial charge on any atom is 0.410 e. The Morgan fingerprint density at radius 1 is 0.490 bits per heavy atom. The number of piperazine rings is 2. The standard InChI is InChI=1S/C27H35F2N3O3.C22H27F2N3O.C18H18BrF2NO.C10H12BrN/c1-27(2,3)35-26(33)32-13-11-31(12-14-32)21-8-5-19-6-9-24(22(19)18-21)30(4)15-16-34-25-10-7-20(28)17-23(25)29;1-26(12-13-28-22-7-4-17(23)14-20(22)24)21-6-3-16-2-5-18(15-19(16)21)27-10-8-25-9-11-27;1-22(8-9-23-18-7-5-14(20)11-16(18)21)17-6-3-12-2-4-13(19)10-15(12)17;1-12-10-5-3-7-2-4-8(11)6-9(7)10/h5,7-8,10,17-18,24H,6,9,11-16H2,1-4H3;2,4-5,7,14-15,21,25H,3,6,8-13H2,1H3;2,4-5,7,10-11,17H,3,6,8-9H2,1H3;2,4,6,10,12H,3,5H2,1H3. The van der Waals surface area contributed by atoms with Crippen LogP contribution in [0.3, 0.4) is 0 Å². The molecule has 7 aromatic carbocycles. The van der Waals surface area contributed by atoms with Crippen LogP contribution in [-0.4, -0.2) is 151 Å². The third-order valence-electron chi connectivity index (χ3n) is 19.2. The fourth-order valence-corrected chi connectivity index (χ4v) is 14.6. The van der Waals surface area contributed by atoms with Crippen LogP contribution in [0.15, 0.2) is 136 Å². The Hall–Kier alpha value is -6.85. The number of hydrogen-bond donors (Lipinski definition) is 2. The van der Waals surface area contributed by atoms with Crippen molar-refractivity contribution >= 4 is 49.3 Å². The molecule has 7 aromatic rings. The highest BCUT2D eigenvalue weighted by Gasteiger charge is 2.32. The molecule has 6 aliphatic rings. The van der Waals surface area contributed by atoms with Crippen molar-refractivity contribution in [2.75, 3.05) is 130 Å². The molecule has 0 bridgehead atoms. The van der Waals surface area contributed by atoms with Crippen molar-refractivity contribution in [1.29, 1.82) is 0 Å². The molecule has 0 saturated carbocycles. The van der Waals surface area contributed by atoms with Crippen molar-refractivity contribution in [1.82, 2.24) is 30.2 Å². The van der Waals surface area contributed by atoms with E-state index < -0.39 is 40.5 Å². The monoisotopic (exact) mass is 1480 g/mol. The number of carbonyl (C=O) groups excluding carboxylic acids is 1. The predicted molar refractivity (Wildman–Crippen MR) is 383 cm³/mol. The molecule has 2 saturated heterocycles. The Morgan fingerprint density at radius 3 is 1.26 bits per heavy atom. The number of rotatable bonds is 18. The topological polar surface area (TPSA) is 97.5 Å². The molecule has 2 fully saturated rings. The number of carbonyl (C=O) groups is 1. The van der Waals surface area contributed by atoms with E-state index in [1.807, 2.05) is 34.9 Å². The summed E-state index contributed by atoms with van der Waals surface area (Å²) < 4.78 is 104. The zero-order valence-corrected chi connectivity index (χ0v) is 60.4. The number of ether oxygens (including phenoxy) is 4. The molecule has 0 spiro atoms. The van der Waals surface area contributed by atoms with Gasteiger partial charge in [0.15, 0.2) is 34.7 Å². The zero-order chi connectivity index (χ0) is 69.6. The minimum absolute atomic E-state index is 0.0689. The second kappa shape index (κ2) is 34.5. The summed E-state index contributed by atoms with van der Waals surface area (Å²) in [7, 11) is 8.21. The van der Waals surface area contributed by atoms with Gasteiger partial charge in [-0.3, -0.25) is 14.7 Å². The Bertz CT molecular complexity index is 3820. The number of aryl methyl sites for hydroxylation is 4. The van der Waals surface area contributed by atoms with E-state index in [9.17, 15) is 31.1 Å². The number of hydrogen-bond acceptors (Lipinski definition) is 12. The van der Waals surface area contributed by atoms with Crippen molar-refractivity contribution in [3.05, 3.63) is 216 Å². The molecule has 0 radical (unpaired) electrons. The van der Waals surface area contributed by atoms with Crippen LogP contribution in [-0.2, 0) is 30.4 Å². The van der Waals surface area contributed by atoms with Crippen LogP contribution < -0.4 is 34.6 Å². The van der Waals surface area contributed by atoms with Crippen LogP contribution in [0.1, 0.15) is 115 Å². The summed E-state index contributed by atoms with van der Waals surface area (Å²) in [6.07, 6.45) is 8.56. The van der Waals surface area contributed by atoms with Gasteiger partial charge in [0.1, 0.15) is 42.9 Å². The lowest BCUT2D eigenvalue weighted by molar-refractivity contribution is 0.0240. The van der Waals surface area contributed by atoms with E-state index >= 15 is 0 Å². The first-order valence-corrected chi connectivity index (χ1v) is 35.7. The van der Waals surface area contributed by atoms with Crippen LogP contribution in [0.4, 0.5) is 42.5 Å². The average Bonchev–Trinajstić information content (AvgIpc) is 1.62. The number of likely N-dealkylation sites (N-methyl/N-ethyl adjacent to an activating group) is 3. The molecule has 21 heteroatoms. The first-order valence-electron chi connectivity index (χ1n) is 34.1. The van der Waals surface area contributed by atoms with Gasteiger partial charge in [0.05, 0.1) is 0 Å². The third kappa shape index (κ3) is 19.8. The largest absolute Gasteiger partial charge is 0.489 e. The fraction of sp³-hybridized carbons (Fsp3) is 0.442. The van der Waals surface area contributed by atoms with Gasteiger partial charge in [-0.05, 0) is 230 Å². The first kappa shape index (κ1) is 73.9. The second-order valence-corrected chi connectivity index (χ2v) is 28.7. The number of amides is 1. The minimum Gasteiger partial charge on any atom is -0.489 e. The molecule has 4 unspecified atom stereocenters. The predicted octanol–water partition coefficient (Wildman–Crippen LogP) is 15.8. The van der Waals surface area contributed by atoms with E-state index in [1.54, 1.807) is 4.90 Å². The smallest absolute Gasteiger partial charge is 0.410 e. The van der Waals surface area contributed by atoms with Crippen molar-refractivity contribution < 1.29 is 50.1 Å². The van der Waals surface area contributed by atoms with Gasteiger partial charge < -0.3 is 44.3 Å². The summed E-state index contributed by atoms with van der Waals surface area (Å²) in [5, 5.41) is 6.72. The summed E-state index contributed by atoms with van der Waals surface area (Å²) in [4.78, 5) is 25.6. The summed E-state index contributed by atoms with van der Waals surface area (Å²) in [6.45, 7) is 15.6. The minimum atomic E-state index is -0.685. The SMILES string of the molecule is CN(CCOc1ccc(F)cc1F)C1CCc2ccc(Br)cc21.CN(CCOc1ccc(F)cc1F)C1CCc2ccc(N3CCN(C(=O)OC(C)(C)C)CC3)cc21.CN(CCOc1ccc(F)cc1F)C1CCc2ccc(N3CCNCC3)cc21.CNC1CCc2ccc(Br)cc21. The van der Waals surface area contributed by atoms with E-state index in [0.29, 0.717) is 70.7 Å². The number of nitrogens with zero attached hydrogens (tertiary/aromatic N) is 6. The van der Waals surface area contributed by atoms with E-state index in [0.717, 1.165) is 106 Å². The molecule has 98 heavy (non-hydrogen) atoms. The number of halogens is 8. The highest BCUT2D eigenvalue weighted by atomic mass is 79.9. The van der Waals surface area contributed by atoms with Gasteiger partial charge in [0.25, 0.3) is 0 Å². The van der Waals surface area contributed by atoms with Gasteiger partial charge in [-0.1, -0.05) is 56.1 Å². The number of fused-ring (bicyclic) bond motifs is 4. The molecule has 0 aromatic heterocycles. The van der Waals surface area contributed by atoms with Crippen LogP contribution in [0.5, 0.6) is 17.2 Å². The van der Waals surface area contributed by atoms with E-state index in [2.05, 4.69) is 154 Å². The molecular formula is C77H92Br2F6N8O5. The molecule has 4 atom stereocenters. The van der Waals surface area contributed by atoms with Crippen LogP contribution in [0, 0.1) is 34.9 Å². The van der Waals surface area contributed by atoms with E-state index in [4.69, 9.17) is 18.9 Å². The summed E-state index contributed by atoms with van der Waals surface area (Å²) in [5.41, 5.74) is 13.1. The van der Waals surface area contributed by atoms with Gasteiger partial charge >= 0.3 is 6.09 Å². The van der Waals surface area contributed by atoms with Crippen molar-refractivity contribution in [2.45, 2.75) is 102 Å². The second-order valence-electron chi connectivity index (χ2n) is 26.9. The lowest BCUT2D eigenvalue weighted by Crippen LogP contribution is -2.50. The maximum absolute atomic E-state index is 13.8. The Morgan fingerprint density at radius 2 is 0.857 bits per heavy atom. The lowest BCUT2D eigenvalue weighted by Gasteiger charge is -2.37. The quantitative estimate of drug-likeness (QED) is 0.0801. The fourth-order valence-electron chi connectivity index (χ4n) is 13.9. The average molecular weight is 1480 g/mol. The van der Waals surface area contributed by atoms with Gasteiger partial charge in [-0.25, -0.2) is 31.1 Å². The Kier molecular flexibility index (Phi) is 26.0. The molecule has 13 rings (SSSR count). The lowest BCUT2D eigenvalue weighted by atomic mass is 10.1. The Balaban J connectivity index is 0.000000149. The van der Waals surface area contributed by atoms with E-state index in [1.165, 1.54) is 104 Å². The summed E-state index contributed by atoms with van der Waals surface area (Å²) >= 11 is 7.02. The van der Waals surface area contributed by atoms with Gasteiger partial charge in [-0.2, -0.15) is 0 Å². The van der Waals surface area contributed by atoms with Crippen molar-refractivity contribution in [2.24, 2.45) is 0 Å². The van der Waals surface area contributed by atoms with E-state index in [-0.39, 0.29) is 29.4 Å². The molecule has 2 heterocycles. The molecule has 4 aliphatic carbocycles. The maximum atomic E-state index is 13.8. The van der Waals surface area contributed by atoms with Crippen LogP contribution in [0.2, 0.25) is 0 Å². The normalized spacial score (nSPS) is 18.4. The van der Waals surface area contributed by atoms with Crippen LogP contribution in [0.25, 0.3) is 0 Å². The molecular weight excluding hydrogens is 1390 g/mol. The highest BCUT2D eigenvalue weighted by molar-refractivity contribution is 9.10. The molecule has 2 aliphatic heterocycles. The first-order chi connectivity index (χ1) is 47.1. The number of benzene rings is 7. The Labute approximate surface area is 591 Å². The molecule has 526 valence electrons. The third-order valence-corrected chi connectivity index (χ3v) is 20.2. The summed E-state index contributed by atoms with van der Waals surface area (Å²) in [6, 6.07) is 38.1. The highest BCUT2D eigenvalue weighted by Crippen LogP contribution is 2.41. The molecule has 13 nitrogen and oxygen atoms in total. The summed E-state index contributed by atoms with van der Waals surface area (Å²) in [5.74, 6) is -3.55. The van der Waals surface area contributed by atoms with Gasteiger partial charge in [0, 0.05) is 135 Å². The van der Waals surface area contributed by atoms with Crippen molar-refractivity contribution in [3.63, 3.8) is 0 Å². The molecule has 2 N–H and O–H groups in total. The van der Waals surface area contributed by atoms with Crippen molar-refractivity contribution in [3.8, 4) is 17.2 Å². The van der Waals surface area contributed by atoms with Gasteiger partial charge in [-0.15, -0.1) is 0 Å². The number of nitrogens with one attached hydrogen (secondary N) is 2. The number of anilines is 2. The molecule has 1 amide bonds. The van der Waals surface area contributed by atoms with Gasteiger partial charge in [0.2, 0.25) is 0 Å². The zero-order valence-electron chi connectivity index (χ0n) is 57.2. The van der Waals surface area contributed by atoms with Crippen LogP contribution >= 0.6 is 31.9 Å².